The SMILES string of the molecule is CCCCCCCCC(CCCOC1CCCCO1)C(OCCC)(OCCC)OCCC. The quantitative estimate of drug-likeness (QED) is 0.123. The first-order valence-corrected chi connectivity index (χ1v) is 13.9. The smallest absolute Gasteiger partial charge is 0.285 e. The summed E-state index contributed by atoms with van der Waals surface area (Å²) in [6, 6.07) is 0. The zero-order chi connectivity index (χ0) is 23.3. The molecule has 0 N–H and O–H groups in total. The average molecular weight is 459 g/mol. The summed E-state index contributed by atoms with van der Waals surface area (Å²) in [4.78, 5) is 0. The highest BCUT2D eigenvalue weighted by Gasteiger charge is 2.42. The van der Waals surface area contributed by atoms with E-state index in [0.29, 0.717) is 19.8 Å². The number of rotatable bonds is 22. The molecule has 0 aliphatic carbocycles. The highest BCUT2D eigenvalue weighted by molar-refractivity contribution is 4.74. The van der Waals surface area contributed by atoms with Crippen molar-refractivity contribution in [1.29, 1.82) is 0 Å². The van der Waals surface area contributed by atoms with E-state index < -0.39 is 5.97 Å². The van der Waals surface area contributed by atoms with E-state index in [0.717, 1.165) is 64.6 Å². The van der Waals surface area contributed by atoms with E-state index in [9.17, 15) is 0 Å². The lowest BCUT2D eigenvalue weighted by molar-refractivity contribution is -0.407. The van der Waals surface area contributed by atoms with Gasteiger partial charge in [0, 0.05) is 19.1 Å². The second-order valence-electron chi connectivity index (χ2n) is 9.21. The first-order valence-electron chi connectivity index (χ1n) is 13.9. The molecule has 192 valence electrons. The molecule has 1 aliphatic rings. The topological polar surface area (TPSA) is 46.2 Å². The summed E-state index contributed by atoms with van der Waals surface area (Å²) in [6.07, 6.45) is 17.0. The Bertz CT molecular complexity index is 376. The van der Waals surface area contributed by atoms with Crippen LogP contribution in [0.25, 0.3) is 0 Å². The van der Waals surface area contributed by atoms with Gasteiger partial charge in [-0.15, -0.1) is 0 Å². The van der Waals surface area contributed by atoms with Gasteiger partial charge in [0.05, 0.1) is 19.8 Å². The fourth-order valence-electron chi connectivity index (χ4n) is 4.27. The molecule has 0 aromatic heterocycles. The first-order chi connectivity index (χ1) is 15.7. The molecule has 5 nitrogen and oxygen atoms in total. The molecule has 1 aliphatic heterocycles. The van der Waals surface area contributed by atoms with Crippen LogP contribution in [0.2, 0.25) is 0 Å². The second-order valence-corrected chi connectivity index (χ2v) is 9.21. The van der Waals surface area contributed by atoms with E-state index >= 15 is 0 Å². The van der Waals surface area contributed by atoms with Gasteiger partial charge in [-0.05, 0) is 57.8 Å². The Morgan fingerprint density at radius 1 is 0.688 bits per heavy atom. The Hall–Kier alpha value is -0.200. The van der Waals surface area contributed by atoms with E-state index in [2.05, 4.69) is 27.7 Å². The van der Waals surface area contributed by atoms with Crippen LogP contribution in [-0.4, -0.2) is 45.3 Å². The van der Waals surface area contributed by atoms with Gasteiger partial charge in [0.2, 0.25) is 0 Å². The molecule has 0 amide bonds. The van der Waals surface area contributed by atoms with Gasteiger partial charge in [-0.25, -0.2) is 0 Å². The van der Waals surface area contributed by atoms with Crippen molar-refractivity contribution in [3.63, 3.8) is 0 Å². The minimum absolute atomic E-state index is 0.0189. The first kappa shape index (κ1) is 29.8. The molecule has 0 radical (unpaired) electrons. The summed E-state index contributed by atoms with van der Waals surface area (Å²) in [5, 5.41) is 0. The van der Waals surface area contributed by atoms with Gasteiger partial charge in [-0.3, -0.25) is 0 Å². The van der Waals surface area contributed by atoms with Crippen molar-refractivity contribution in [2.24, 2.45) is 5.92 Å². The molecule has 1 rings (SSSR count). The Morgan fingerprint density at radius 3 is 1.84 bits per heavy atom. The summed E-state index contributed by atoms with van der Waals surface area (Å²) in [5.74, 6) is -0.707. The molecule has 0 aromatic rings. The lowest BCUT2D eigenvalue weighted by atomic mass is 9.93. The zero-order valence-corrected chi connectivity index (χ0v) is 21.8. The Morgan fingerprint density at radius 2 is 1.28 bits per heavy atom. The minimum Gasteiger partial charge on any atom is -0.353 e. The van der Waals surface area contributed by atoms with Gasteiger partial charge >= 0.3 is 0 Å². The van der Waals surface area contributed by atoms with Crippen LogP contribution in [0.3, 0.4) is 0 Å². The molecular weight excluding hydrogens is 404 g/mol. The summed E-state index contributed by atoms with van der Waals surface area (Å²) in [5.41, 5.74) is 0. The maximum absolute atomic E-state index is 6.38. The van der Waals surface area contributed by atoms with Crippen LogP contribution in [-0.2, 0) is 23.7 Å². The number of hydrogen-bond acceptors (Lipinski definition) is 5. The fraction of sp³-hybridized carbons (Fsp3) is 1.00. The maximum atomic E-state index is 6.38. The minimum atomic E-state index is -0.924. The van der Waals surface area contributed by atoms with Crippen LogP contribution in [0.15, 0.2) is 0 Å². The third kappa shape index (κ3) is 12.9. The van der Waals surface area contributed by atoms with Gasteiger partial charge in [0.25, 0.3) is 5.97 Å². The summed E-state index contributed by atoms with van der Waals surface area (Å²) < 4.78 is 30.9. The normalized spacial score (nSPS) is 18.2. The van der Waals surface area contributed by atoms with E-state index in [-0.39, 0.29) is 12.2 Å². The number of hydrogen-bond donors (Lipinski definition) is 0. The van der Waals surface area contributed by atoms with Crippen molar-refractivity contribution in [3.8, 4) is 0 Å². The van der Waals surface area contributed by atoms with E-state index in [1.807, 2.05) is 0 Å². The molecule has 32 heavy (non-hydrogen) atoms. The summed E-state index contributed by atoms with van der Waals surface area (Å²) in [7, 11) is 0. The van der Waals surface area contributed by atoms with E-state index in [4.69, 9.17) is 23.7 Å². The van der Waals surface area contributed by atoms with Gasteiger partial charge in [-0.2, -0.15) is 0 Å². The largest absolute Gasteiger partial charge is 0.353 e. The molecule has 1 fully saturated rings. The molecule has 0 bridgehead atoms. The molecule has 2 atom stereocenters. The van der Waals surface area contributed by atoms with Crippen LogP contribution in [0.5, 0.6) is 0 Å². The Balaban J connectivity index is 2.73. The van der Waals surface area contributed by atoms with Crippen LogP contribution < -0.4 is 0 Å². The molecule has 2 unspecified atom stereocenters. The third-order valence-electron chi connectivity index (χ3n) is 6.07. The maximum Gasteiger partial charge on any atom is 0.285 e. The second kappa shape index (κ2) is 20.2. The van der Waals surface area contributed by atoms with Crippen molar-refractivity contribution in [3.05, 3.63) is 0 Å². The fourth-order valence-corrected chi connectivity index (χ4v) is 4.27. The van der Waals surface area contributed by atoms with Crippen molar-refractivity contribution >= 4 is 0 Å². The lowest BCUT2D eigenvalue weighted by Gasteiger charge is -2.40. The van der Waals surface area contributed by atoms with Gasteiger partial charge in [0.1, 0.15) is 0 Å². The number of unbranched alkanes of at least 4 members (excludes halogenated alkanes) is 5. The molecule has 1 heterocycles. The average Bonchev–Trinajstić information content (AvgIpc) is 2.83. The highest BCUT2D eigenvalue weighted by Crippen LogP contribution is 2.35. The summed E-state index contributed by atoms with van der Waals surface area (Å²) >= 11 is 0. The van der Waals surface area contributed by atoms with Crippen molar-refractivity contribution < 1.29 is 23.7 Å². The lowest BCUT2D eigenvalue weighted by Crippen LogP contribution is -2.47. The van der Waals surface area contributed by atoms with Crippen LogP contribution in [0.1, 0.15) is 124 Å². The van der Waals surface area contributed by atoms with E-state index in [1.54, 1.807) is 0 Å². The van der Waals surface area contributed by atoms with Gasteiger partial charge < -0.3 is 23.7 Å². The van der Waals surface area contributed by atoms with Crippen molar-refractivity contribution in [2.45, 2.75) is 136 Å². The predicted octanol–water partition coefficient (Wildman–Crippen LogP) is 7.61. The predicted molar refractivity (Wildman–Crippen MR) is 132 cm³/mol. The van der Waals surface area contributed by atoms with E-state index in [1.165, 1.54) is 44.9 Å². The van der Waals surface area contributed by atoms with Gasteiger partial charge in [0.15, 0.2) is 6.29 Å². The van der Waals surface area contributed by atoms with Gasteiger partial charge in [-0.1, -0.05) is 66.2 Å². The Kier molecular flexibility index (Phi) is 18.8. The molecule has 0 spiro atoms. The van der Waals surface area contributed by atoms with Crippen molar-refractivity contribution in [2.75, 3.05) is 33.0 Å². The van der Waals surface area contributed by atoms with Crippen LogP contribution in [0.4, 0.5) is 0 Å². The standard InChI is InChI=1S/C27H54O5/c1-5-9-10-11-12-13-17-25(18-16-24-29-26-19-14-15-23-28-26)27(30-20-6-2,31-21-7-3)32-22-8-4/h25-26H,5-24H2,1-4H3. The molecule has 0 aromatic carbocycles. The van der Waals surface area contributed by atoms with Crippen LogP contribution in [0, 0.1) is 5.92 Å². The number of ether oxygens (including phenoxy) is 5. The van der Waals surface area contributed by atoms with Crippen molar-refractivity contribution in [1.82, 2.24) is 0 Å². The van der Waals surface area contributed by atoms with Crippen LogP contribution >= 0.6 is 0 Å². The molecule has 0 saturated carbocycles. The zero-order valence-electron chi connectivity index (χ0n) is 21.8. The third-order valence-corrected chi connectivity index (χ3v) is 6.07. The molecule has 5 heteroatoms. The molecular formula is C27H54O5. The Labute approximate surface area is 199 Å². The summed E-state index contributed by atoms with van der Waals surface area (Å²) in [6.45, 7) is 12.2. The molecule has 1 saturated heterocycles. The highest BCUT2D eigenvalue weighted by atomic mass is 16.9. The monoisotopic (exact) mass is 458 g/mol.